The van der Waals surface area contributed by atoms with Crippen molar-refractivity contribution in [2.24, 2.45) is 10.8 Å². The molecule has 3 N–H and O–H groups in total. The number of ether oxygens (including phenoxy) is 2. The maximum atomic E-state index is 11.6. The van der Waals surface area contributed by atoms with Gasteiger partial charge in [0, 0.05) is 24.4 Å². The molecule has 1 aromatic carbocycles. The Morgan fingerprint density at radius 1 is 1.43 bits per heavy atom. The number of rotatable bonds is 6. The van der Waals surface area contributed by atoms with E-state index in [1.54, 1.807) is 18.2 Å². The summed E-state index contributed by atoms with van der Waals surface area (Å²) in [6.45, 7) is 1.77. The summed E-state index contributed by atoms with van der Waals surface area (Å²) in [6, 6.07) is 4.61. The fraction of sp³-hybridized carbons (Fsp3) is 0.462. The molecule has 0 saturated heterocycles. The number of amides is 1. The van der Waals surface area contributed by atoms with Crippen LogP contribution in [0.4, 0.5) is 0 Å². The van der Waals surface area contributed by atoms with E-state index >= 15 is 0 Å². The van der Waals surface area contributed by atoms with E-state index in [0.717, 1.165) is 6.42 Å². The predicted octanol–water partition coefficient (Wildman–Crippen LogP) is 1.27. The second kappa shape index (κ2) is 7.37. The van der Waals surface area contributed by atoms with E-state index in [1.807, 2.05) is 0 Å². The Labute approximate surface area is 121 Å². The van der Waals surface area contributed by atoms with Crippen LogP contribution in [0.2, 0.25) is 0 Å². The number of nitrogens with two attached hydrogens (primary N) is 1. The number of nitrogens with zero attached hydrogens (tertiary/aromatic N) is 3. The Bertz CT molecular complexity index is 557. The van der Waals surface area contributed by atoms with Crippen molar-refractivity contribution in [1.29, 1.82) is 0 Å². The third-order valence-electron chi connectivity index (χ3n) is 3.01. The Morgan fingerprint density at radius 2 is 2.19 bits per heavy atom. The van der Waals surface area contributed by atoms with E-state index in [0.29, 0.717) is 36.8 Å². The highest BCUT2D eigenvalue weighted by atomic mass is 16.5. The van der Waals surface area contributed by atoms with Gasteiger partial charge in [0.15, 0.2) is 11.5 Å². The Morgan fingerprint density at radius 3 is 2.90 bits per heavy atom. The van der Waals surface area contributed by atoms with Gasteiger partial charge < -0.3 is 20.5 Å². The summed E-state index contributed by atoms with van der Waals surface area (Å²) in [7, 11) is 0. The van der Waals surface area contributed by atoms with Crippen LogP contribution in [0.15, 0.2) is 23.3 Å². The highest BCUT2D eigenvalue weighted by Gasteiger charge is 2.20. The number of benzene rings is 1. The average molecular weight is 291 g/mol. The molecule has 0 aliphatic carbocycles. The van der Waals surface area contributed by atoms with E-state index in [9.17, 15) is 4.79 Å². The topological polar surface area (TPSA) is 122 Å². The second-order valence-corrected chi connectivity index (χ2v) is 4.50. The Balaban J connectivity index is 2.14. The third kappa shape index (κ3) is 4.01. The molecule has 0 radical (unpaired) electrons. The molecule has 21 heavy (non-hydrogen) atoms. The smallest absolute Gasteiger partial charge is 0.239 e. The number of carbonyl (C=O) groups is 1. The molecule has 1 aromatic rings. The van der Waals surface area contributed by atoms with Gasteiger partial charge in [0.05, 0.1) is 13.2 Å². The molecule has 0 saturated carbocycles. The van der Waals surface area contributed by atoms with E-state index in [-0.39, 0.29) is 6.54 Å². The lowest BCUT2D eigenvalue weighted by atomic mass is 10.1. The second-order valence-electron chi connectivity index (χ2n) is 4.50. The van der Waals surface area contributed by atoms with Crippen LogP contribution in [0.25, 0.3) is 10.4 Å². The first kappa shape index (κ1) is 15.0. The number of fused-ring (bicyclic) bond motifs is 1. The fourth-order valence-corrected chi connectivity index (χ4v) is 2.05. The summed E-state index contributed by atoms with van der Waals surface area (Å²) in [6.07, 6.45) is 0.813. The molecular weight excluding hydrogens is 274 g/mol. The van der Waals surface area contributed by atoms with Crippen molar-refractivity contribution in [3.05, 3.63) is 34.2 Å². The quantitative estimate of drug-likeness (QED) is 0.354. The van der Waals surface area contributed by atoms with Gasteiger partial charge in [-0.3, -0.25) is 4.79 Å². The largest absolute Gasteiger partial charge is 0.490 e. The van der Waals surface area contributed by atoms with Crippen LogP contribution >= 0.6 is 0 Å². The molecule has 2 rings (SSSR count). The van der Waals surface area contributed by atoms with Gasteiger partial charge in [0.25, 0.3) is 0 Å². The van der Waals surface area contributed by atoms with E-state index in [1.165, 1.54) is 0 Å². The number of primary amides is 1. The van der Waals surface area contributed by atoms with Crippen LogP contribution in [0, 0.1) is 0 Å². The zero-order valence-electron chi connectivity index (χ0n) is 11.5. The Hall–Kier alpha value is -2.44. The SMILES string of the molecule is [N-]=[N+]=NCCNC(C(N)=O)c1ccc2c(c1)OCCCO2. The van der Waals surface area contributed by atoms with E-state index in [4.69, 9.17) is 20.7 Å². The first-order valence-electron chi connectivity index (χ1n) is 6.65. The normalized spacial score (nSPS) is 14.7. The number of carbonyl (C=O) groups excluding carboxylic acids is 1. The molecule has 0 aromatic heterocycles. The minimum atomic E-state index is -0.670. The summed E-state index contributed by atoms with van der Waals surface area (Å²) in [5.74, 6) is 0.757. The molecule has 1 heterocycles. The van der Waals surface area contributed by atoms with Crippen molar-refractivity contribution in [3.63, 3.8) is 0 Å². The molecule has 1 atom stereocenters. The maximum absolute atomic E-state index is 11.6. The van der Waals surface area contributed by atoms with E-state index in [2.05, 4.69) is 15.3 Å². The molecule has 8 nitrogen and oxygen atoms in total. The van der Waals surface area contributed by atoms with Gasteiger partial charge in [-0.1, -0.05) is 11.2 Å². The van der Waals surface area contributed by atoms with Crippen molar-refractivity contribution in [3.8, 4) is 11.5 Å². The van der Waals surface area contributed by atoms with Gasteiger partial charge in [0.1, 0.15) is 6.04 Å². The lowest BCUT2D eigenvalue weighted by Crippen LogP contribution is -2.34. The maximum Gasteiger partial charge on any atom is 0.239 e. The van der Waals surface area contributed by atoms with Gasteiger partial charge in [0.2, 0.25) is 5.91 Å². The Kier molecular flexibility index (Phi) is 5.25. The molecule has 1 aliphatic rings. The van der Waals surface area contributed by atoms with Crippen LogP contribution in [-0.2, 0) is 4.79 Å². The summed E-state index contributed by atoms with van der Waals surface area (Å²) in [4.78, 5) is 14.2. The van der Waals surface area contributed by atoms with Gasteiger partial charge >= 0.3 is 0 Å². The van der Waals surface area contributed by atoms with E-state index < -0.39 is 11.9 Å². The van der Waals surface area contributed by atoms with Crippen LogP contribution in [0.5, 0.6) is 11.5 Å². The summed E-state index contributed by atoms with van der Waals surface area (Å²) in [5.41, 5.74) is 14.3. The number of hydrogen-bond acceptors (Lipinski definition) is 5. The minimum absolute atomic E-state index is 0.241. The molecule has 1 unspecified atom stereocenters. The fourth-order valence-electron chi connectivity index (χ4n) is 2.05. The zero-order valence-corrected chi connectivity index (χ0v) is 11.5. The zero-order chi connectivity index (χ0) is 15.1. The van der Waals surface area contributed by atoms with Gasteiger partial charge in [-0.15, -0.1) is 0 Å². The summed E-state index contributed by atoms with van der Waals surface area (Å²) in [5, 5.41) is 6.36. The van der Waals surface area contributed by atoms with Crippen molar-refractivity contribution >= 4 is 5.91 Å². The summed E-state index contributed by atoms with van der Waals surface area (Å²) >= 11 is 0. The molecule has 0 fully saturated rings. The molecular formula is C13H17N5O3. The molecule has 8 heteroatoms. The van der Waals surface area contributed by atoms with Crippen LogP contribution in [0.3, 0.4) is 0 Å². The highest BCUT2D eigenvalue weighted by Crippen LogP contribution is 2.32. The van der Waals surface area contributed by atoms with Crippen molar-refractivity contribution in [1.82, 2.24) is 5.32 Å². The van der Waals surface area contributed by atoms with Crippen LogP contribution in [-0.4, -0.2) is 32.2 Å². The third-order valence-corrected chi connectivity index (χ3v) is 3.01. The summed E-state index contributed by atoms with van der Waals surface area (Å²) < 4.78 is 11.1. The molecule has 0 spiro atoms. The van der Waals surface area contributed by atoms with Gasteiger partial charge in [-0.2, -0.15) is 0 Å². The molecule has 0 bridgehead atoms. The van der Waals surface area contributed by atoms with Gasteiger partial charge in [-0.25, -0.2) is 0 Å². The monoisotopic (exact) mass is 291 g/mol. The van der Waals surface area contributed by atoms with Crippen molar-refractivity contribution in [2.45, 2.75) is 12.5 Å². The molecule has 1 amide bonds. The lowest BCUT2D eigenvalue weighted by Gasteiger charge is -2.17. The first-order chi connectivity index (χ1) is 10.2. The number of nitrogens with one attached hydrogen (secondary N) is 1. The van der Waals surface area contributed by atoms with Crippen molar-refractivity contribution < 1.29 is 14.3 Å². The standard InChI is InChI=1S/C13H17N5O3/c14-13(19)12(16-4-5-17-18-15)9-2-3-10-11(8-9)21-7-1-6-20-10/h2-3,8,12,16H,1,4-7H2,(H2,14,19). The molecule has 112 valence electrons. The highest BCUT2D eigenvalue weighted by molar-refractivity contribution is 5.81. The number of hydrogen-bond donors (Lipinski definition) is 2. The van der Waals surface area contributed by atoms with Crippen molar-refractivity contribution in [2.75, 3.05) is 26.3 Å². The van der Waals surface area contributed by atoms with Crippen LogP contribution in [0.1, 0.15) is 18.0 Å². The number of azide groups is 1. The van der Waals surface area contributed by atoms with Gasteiger partial charge in [-0.05, 0) is 23.2 Å². The molecule has 1 aliphatic heterocycles. The van der Waals surface area contributed by atoms with Crippen LogP contribution < -0.4 is 20.5 Å². The lowest BCUT2D eigenvalue weighted by molar-refractivity contribution is -0.120. The average Bonchev–Trinajstić information content (AvgIpc) is 2.71. The minimum Gasteiger partial charge on any atom is -0.490 e. The first-order valence-corrected chi connectivity index (χ1v) is 6.65. The predicted molar refractivity (Wildman–Crippen MR) is 76.0 cm³/mol.